The molecule has 2 aromatic rings. The van der Waals surface area contributed by atoms with Crippen molar-refractivity contribution in [1.82, 2.24) is 0 Å². The molecule has 0 atom stereocenters. The Kier molecular flexibility index (Phi) is 4.14. The molecule has 74 valence electrons. The predicted molar refractivity (Wildman–Crippen MR) is 74.6 cm³/mol. The van der Waals surface area contributed by atoms with Crippen LogP contribution in [0.1, 0.15) is 0 Å². The van der Waals surface area contributed by atoms with Gasteiger partial charge in [0.25, 0.3) is 0 Å². The third-order valence-corrected chi connectivity index (χ3v) is 4.50. The van der Waals surface area contributed by atoms with Crippen molar-refractivity contribution in [2.75, 3.05) is 0 Å². The van der Waals surface area contributed by atoms with E-state index in [1.165, 1.54) is 0 Å². The molecule has 2 heterocycles. The van der Waals surface area contributed by atoms with Gasteiger partial charge in [-0.05, 0) is 66.8 Å². The average molecular weight is 450 g/mol. The molecule has 2 nitrogen and oxygen atoms in total. The van der Waals surface area contributed by atoms with Crippen LogP contribution in [-0.4, -0.2) is 0 Å². The molecule has 14 heavy (non-hydrogen) atoms. The first-order chi connectivity index (χ1) is 6.74. The van der Waals surface area contributed by atoms with Gasteiger partial charge in [-0.15, -0.1) is 0 Å². The van der Waals surface area contributed by atoms with Crippen molar-refractivity contribution >= 4 is 66.8 Å². The molecule has 0 spiro atoms. The van der Waals surface area contributed by atoms with Gasteiger partial charge in [0.2, 0.25) is 0 Å². The van der Waals surface area contributed by atoms with Gasteiger partial charge in [-0.1, -0.05) is 0 Å². The Bertz CT molecular complexity index is 384. The summed E-state index contributed by atoms with van der Waals surface area (Å²) in [6, 6.07) is 3.98. The summed E-state index contributed by atoms with van der Waals surface area (Å²) in [4.78, 5) is 0. The predicted octanol–water partition coefficient (Wildman–Crippen LogP) is 4.88. The lowest BCUT2D eigenvalue weighted by Crippen LogP contribution is -1.58. The van der Waals surface area contributed by atoms with Crippen molar-refractivity contribution in [3.63, 3.8) is 0 Å². The largest absolute Gasteiger partial charge is 0.456 e. The van der Waals surface area contributed by atoms with Crippen LogP contribution in [0.25, 0.3) is 0 Å². The van der Waals surface area contributed by atoms with E-state index in [-0.39, 0.29) is 0 Å². The molecule has 0 saturated heterocycles. The number of furan rings is 2. The molecule has 0 aliphatic heterocycles. The maximum Gasteiger partial charge on any atom is 0.172 e. The number of hydrogen-bond donors (Lipinski definition) is 0. The van der Waals surface area contributed by atoms with E-state index in [1.807, 2.05) is 12.1 Å². The van der Waals surface area contributed by atoms with Crippen LogP contribution in [-0.2, 0) is 0 Å². The molecule has 6 heteroatoms. The van der Waals surface area contributed by atoms with E-state index in [1.54, 1.807) is 34.1 Å². The molecule has 2 aromatic heterocycles. The highest BCUT2D eigenvalue weighted by Gasteiger charge is 2.05. The van der Waals surface area contributed by atoms with Crippen LogP contribution in [0.15, 0.2) is 43.7 Å². The van der Waals surface area contributed by atoms with Gasteiger partial charge in [-0.2, -0.15) is 0 Å². The van der Waals surface area contributed by atoms with Crippen molar-refractivity contribution in [1.29, 1.82) is 0 Å². The zero-order valence-corrected chi connectivity index (χ0v) is 12.6. The Balaban J connectivity index is 1.94. The quantitative estimate of drug-likeness (QED) is 0.492. The molecule has 0 saturated carbocycles. The highest BCUT2D eigenvalue weighted by Crippen LogP contribution is 2.39. The molecule has 0 aliphatic carbocycles. The Hall–Kier alpha value is 0.720. The number of hydrogen-bond acceptors (Lipinski definition) is 4. The lowest BCUT2D eigenvalue weighted by Gasteiger charge is -1.91. The van der Waals surface area contributed by atoms with Gasteiger partial charge in [0.05, 0.1) is 7.14 Å². The second-order valence-electron chi connectivity index (χ2n) is 2.33. The summed E-state index contributed by atoms with van der Waals surface area (Å²) in [6.45, 7) is 0. The first-order valence-corrected chi connectivity index (χ1v) is 7.87. The molecule has 0 N–H and O–H groups in total. The number of rotatable bonds is 3. The van der Waals surface area contributed by atoms with Crippen molar-refractivity contribution in [2.24, 2.45) is 0 Å². The molecular formula is C8H4I2O2S2. The van der Waals surface area contributed by atoms with Crippen LogP contribution in [0.4, 0.5) is 0 Å². The normalized spacial score (nSPS) is 10.7. The third-order valence-electron chi connectivity index (χ3n) is 1.29. The summed E-state index contributed by atoms with van der Waals surface area (Å²) in [5.41, 5.74) is 0. The summed E-state index contributed by atoms with van der Waals surface area (Å²) in [5.74, 6) is 0. The zero-order valence-electron chi connectivity index (χ0n) is 6.70. The average Bonchev–Trinajstić information content (AvgIpc) is 2.72. The van der Waals surface area contributed by atoms with Crippen LogP contribution >= 0.6 is 66.8 Å². The van der Waals surface area contributed by atoms with Crippen molar-refractivity contribution in [2.45, 2.75) is 10.2 Å². The maximum absolute atomic E-state index is 5.28. The third kappa shape index (κ3) is 3.11. The molecule has 0 aromatic carbocycles. The minimum absolute atomic E-state index is 0.894. The van der Waals surface area contributed by atoms with E-state index in [2.05, 4.69) is 45.2 Å². The lowest BCUT2D eigenvalue weighted by atomic mass is 10.7. The van der Waals surface area contributed by atoms with E-state index >= 15 is 0 Å². The van der Waals surface area contributed by atoms with Crippen molar-refractivity contribution in [3.05, 3.63) is 31.8 Å². The van der Waals surface area contributed by atoms with Crippen molar-refractivity contribution < 1.29 is 8.83 Å². The summed E-state index contributed by atoms with van der Waals surface area (Å²) in [5, 5.41) is 1.79. The highest BCUT2D eigenvalue weighted by molar-refractivity contribution is 14.1. The topological polar surface area (TPSA) is 26.3 Å². The molecule has 0 fully saturated rings. The fourth-order valence-corrected chi connectivity index (χ4v) is 3.71. The second-order valence-corrected chi connectivity index (χ2v) is 6.96. The molecule has 0 radical (unpaired) electrons. The van der Waals surface area contributed by atoms with Crippen LogP contribution in [0, 0.1) is 7.14 Å². The van der Waals surface area contributed by atoms with Crippen LogP contribution in [0.3, 0.4) is 0 Å². The molecular weight excluding hydrogens is 446 g/mol. The standard InChI is InChI=1S/C8H4I2O2S2/c9-5-1-7(11-3-5)13-14-8-2-6(10)4-12-8/h1-4H. The Morgan fingerprint density at radius 1 is 0.857 bits per heavy atom. The first kappa shape index (κ1) is 11.2. The van der Waals surface area contributed by atoms with Crippen LogP contribution < -0.4 is 0 Å². The molecule has 0 amide bonds. The Morgan fingerprint density at radius 2 is 1.29 bits per heavy atom. The van der Waals surface area contributed by atoms with E-state index < -0.39 is 0 Å². The molecule has 0 aliphatic rings. The van der Waals surface area contributed by atoms with E-state index in [0.29, 0.717) is 0 Å². The van der Waals surface area contributed by atoms with Gasteiger partial charge in [-0.25, -0.2) is 0 Å². The van der Waals surface area contributed by atoms with E-state index in [4.69, 9.17) is 8.83 Å². The van der Waals surface area contributed by atoms with Gasteiger partial charge in [0, 0.05) is 12.1 Å². The van der Waals surface area contributed by atoms with Gasteiger partial charge >= 0.3 is 0 Å². The van der Waals surface area contributed by atoms with Gasteiger partial charge in [0.1, 0.15) is 12.5 Å². The smallest absolute Gasteiger partial charge is 0.172 e. The van der Waals surface area contributed by atoms with Crippen LogP contribution in [0.2, 0.25) is 0 Å². The van der Waals surface area contributed by atoms with E-state index in [0.717, 1.165) is 17.3 Å². The van der Waals surface area contributed by atoms with Gasteiger partial charge in [0.15, 0.2) is 10.2 Å². The summed E-state index contributed by atoms with van der Waals surface area (Å²) in [6.07, 6.45) is 3.46. The second kappa shape index (κ2) is 5.17. The summed E-state index contributed by atoms with van der Waals surface area (Å²) >= 11 is 4.44. The summed E-state index contributed by atoms with van der Waals surface area (Å²) < 4.78 is 12.8. The summed E-state index contributed by atoms with van der Waals surface area (Å²) in [7, 11) is 3.11. The highest BCUT2D eigenvalue weighted by atomic mass is 127. The zero-order chi connectivity index (χ0) is 9.97. The van der Waals surface area contributed by atoms with Gasteiger partial charge < -0.3 is 8.83 Å². The molecule has 0 unspecified atom stereocenters. The minimum Gasteiger partial charge on any atom is -0.456 e. The number of halogens is 2. The van der Waals surface area contributed by atoms with Crippen molar-refractivity contribution in [3.8, 4) is 0 Å². The first-order valence-electron chi connectivity index (χ1n) is 3.56. The fourth-order valence-electron chi connectivity index (χ4n) is 0.760. The Labute approximate surface area is 116 Å². The van der Waals surface area contributed by atoms with Gasteiger partial charge in [-0.3, -0.25) is 0 Å². The maximum atomic E-state index is 5.28. The minimum atomic E-state index is 0.894. The fraction of sp³-hybridized carbons (Fsp3) is 0. The SMILES string of the molecule is Ic1coc(SSc2cc(I)co2)c1. The molecule has 2 rings (SSSR count). The van der Waals surface area contributed by atoms with Crippen LogP contribution in [0.5, 0.6) is 0 Å². The lowest BCUT2D eigenvalue weighted by molar-refractivity contribution is 0.472. The van der Waals surface area contributed by atoms with E-state index in [9.17, 15) is 0 Å². The molecule has 0 bridgehead atoms. The monoisotopic (exact) mass is 450 g/mol. The Morgan fingerprint density at radius 3 is 1.57 bits per heavy atom.